The lowest BCUT2D eigenvalue weighted by molar-refractivity contribution is 0.810. The maximum atomic E-state index is 6.23. The van der Waals surface area contributed by atoms with Crippen LogP contribution in [-0.2, 0) is 0 Å². The van der Waals surface area contributed by atoms with Crippen molar-refractivity contribution in [1.82, 2.24) is 20.0 Å². The Bertz CT molecular complexity index is 976. The van der Waals surface area contributed by atoms with Crippen molar-refractivity contribution in [2.24, 2.45) is 0 Å². The number of nitrogen functional groups attached to an aromatic ring is 1. The average Bonchev–Trinajstić information content (AvgIpc) is 3.23. The monoisotopic (exact) mass is 397 g/mol. The van der Waals surface area contributed by atoms with Crippen molar-refractivity contribution < 1.29 is 0 Å². The molecule has 4 aromatic rings. The van der Waals surface area contributed by atoms with Gasteiger partial charge in [0.05, 0.1) is 11.4 Å². The van der Waals surface area contributed by atoms with Crippen molar-refractivity contribution in [3.63, 3.8) is 0 Å². The molecule has 24 heavy (non-hydrogen) atoms. The summed E-state index contributed by atoms with van der Waals surface area (Å²) < 4.78 is 2.66. The molecule has 4 rings (SSSR count). The van der Waals surface area contributed by atoms with Crippen molar-refractivity contribution in [1.29, 1.82) is 0 Å². The van der Waals surface area contributed by atoms with E-state index in [0.717, 1.165) is 26.4 Å². The number of para-hydroxylation sites is 1. The number of benzene rings is 2. The van der Waals surface area contributed by atoms with Crippen molar-refractivity contribution >= 4 is 33.1 Å². The zero-order valence-corrected chi connectivity index (χ0v) is 14.8. The van der Waals surface area contributed by atoms with E-state index < -0.39 is 0 Å². The second kappa shape index (κ2) is 6.18. The SMILES string of the molecule is Nc1c(-c2nc(-c3ccc(Br)cc3)cs2)nnn1-c1ccccc1. The van der Waals surface area contributed by atoms with Gasteiger partial charge in [-0.05, 0) is 24.3 Å². The lowest BCUT2D eigenvalue weighted by Gasteiger charge is -2.01. The Hall–Kier alpha value is -2.51. The van der Waals surface area contributed by atoms with Gasteiger partial charge >= 0.3 is 0 Å². The van der Waals surface area contributed by atoms with Crippen LogP contribution in [0.15, 0.2) is 64.5 Å². The average molecular weight is 398 g/mol. The summed E-state index contributed by atoms with van der Waals surface area (Å²) in [4.78, 5) is 4.66. The third-order valence-corrected chi connectivity index (χ3v) is 4.93. The molecule has 0 aliphatic rings. The second-order valence-electron chi connectivity index (χ2n) is 5.12. The highest BCUT2D eigenvalue weighted by Crippen LogP contribution is 2.31. The Labute approximate surface area is 150 Å². The molecule has 0 unspecified atom stereocenters. The molecule has 0 amide bonds. The van der Waals surface area contributed by atoms with E-state index in [4.69, 9.17) is 5.73 Å². The van der Waals surface area contributed by atoms with Gasteiger partial charge in [-0.25, -0.2) is 4.98 Å². The fourth-order valence-corrected chi connectivity index (χ4v) is 3.42. The zero-order valence-electron chi connectivity index (χ0n) is 12.4. The lowest BCUT2D eigenvalue weighted by atomic mass is 10.2. The van der Waals surface area contributed by atoms with Gasteiger partial charge in [0.25, 0.3) is 0 Å². The number of thiazole rings is 1. The predicted molar refractivity (Wildman–Crippen MR) is 100 cm³/mol. The van der Waals surface area contributed by atoms with Crippen molar-refractivity contribution in [2.75, 3.05) is 5.73 Å². The molecule has 5 nitrogen and oxygen atoms in total. The Morgan fingerprint density at radius 1 is 1.00 bits per heavy atom. The van der Waals surface area contributed by atoms with E-state index in [-0.39, 0.29) is 0 Å². The minimum atomic E-state index is 0.484. The van der Waals surface area contributed by atoms with Gasteiger partial charge in [-0.2, -0.15) is 4.68 Å². The number of hydrogen-bond donors (Lipinski definition) is 1. The maximum absolute atomic E-state index is 6.23. The Kier molecular flexibility index (Phi) is 3.87. The molecule has 7 heteroatoms. The molecule has 2 aromatic heterocycles. The quantitative estimate of drug-likeness (QED) is 0.555. The van der Waals surface area contributed by atoms with E-state index in [1.807, 2.05) is 60.0 Å². The number of rotatable bonds is 3. The summed E-state index contributed by atoms with van der Waals surface area (Å²) in [7, 11) is 0. The first-order valence-corrected chi connectivity index (χ1v) is 8.88. The molecule has 2 N–H and O–H groups in total. The van der Waals surface area contributed by atoms with Crippen LogP contribution in [0.25, 0.3) is 27.6 Å². The van der Waals surface area contributed by atoms with Gasteiger partial charge in [-0.15, -0.1) is 16.4 Å². The zero-order chi connectivity index (χ0) is 16.5. The highest BCUT2D eigenvalue weighted by molar-refractivity contribution is 9.10. The molecule has 2 heterocycles. The van der Waals surface area contributed by atoms with Crippen LogP contribution in [0.3, 0.4) is 0 Å². The molecule has 0 radical (unpaired) electrons. The molecular formula is C17H12BrN5S. The van der Waals surface area contributed by atoms with Crippen LogP contribution in [0.2, 0.25) is 0 Å². The summed E-state index contributed by atoms with van der Waals surface area (Å²) in [5, 5.41) is 11.1. The number of nitrogens with two attached hydrogens (primary N) is 1. The molecule has 0 atom stereocenters. The van der Waals surface area contributed by atoms with Gasteiger partial charge in [0.2, 0.25) is 0 Å². The van der Waals surface area contributed by atoms with E-state index >= 15 is 0 Å². The van der Waals surface area contributed by atoms with E-state index in [1.165, 1.54) is 11.3 Å². The van der Waals surface area contributed by atoms with Gasteiger partial charge in [-0.3, -0.25) is 0 Å². The predicted octanol–water partition coefficient (Wildman–Crippen LogP) is 4.40. The van der Waals surface area contributed by atoms with E-state index in [9.17, 15) is 0 Å². The largest absolute Gasteiger partial charge is 0.382 e. The fraction of sp³-hybridized carbons (Fsp3) is 0. The van der Waals surface area contributed by atoms with Crippen molar-refractivity contribution in [3.05, 3.63) is 64.5 Å². The molecule has 118 valence electrons. The number of anilines is 1. The minimum absolute atomic E-state index is 0.484. The van der Waals surface area contributed by atoms with Crippen molar-refractivity contribution in [2.45, 2.75) is 0 Å². The highest BCUT2D eigenvalue weighted by Gasteiger charge is 2.16. The number of hydrogen-bond acceptors (Lipinski definition) is 5. The Morgan fingerprint density at radius 2 is 1.75 bits per heavy atom. The standard InChI is InChI=1S/C17H12BrN5S/c18-12-8-6-11(7-9-12)14-10-24-17(20-14)15-16(19)23(22-21-15)13-4-2-1-3-5-13/h1-10H,19H2. The topological polar surface area (TPSA) is 69.6 Å². The number of aromatic nitrogens is 4. The number of nitrogens with zero attached hydrogens (tertiary/aromatic N) is 4. The molecule has 0 aliphatic carbocycles. The van der Waals surface area contributed by atoms with Gasteiger partial charge in [0.1, 0.15) is 5.01 Å². The summed E-state index contributed by atoms with van der Waals surface area (Å²) >= 11 is 4.94. The second-order valence-corrected chi connectivity index (χ2v) is 6.89. The molecule has 0 fully saturated rings. The van der Waals surface area contributed by atoms with Gasteiger partial charge in [0, 0.05) is 15.4 Å². The van der Waals surface area contributed by atoms with Crippen LogP contribution in [0.5, 0.6) is 0 Å². The summed E-state index contributed by atoms with van der Waals surface area (Å²) in [6.07, 6.45) is 0. The molecule has 2 aromatic carbocycles. The first kappa shape index (κ1) is 15.0. The summed E-state index contributed by atoms with van der Waals surface area (Å²) in [5.74, 6) is 0.484. The summed E-state index contributed by atoms with van der Waals surface area (Å²) in [6, 6.07) is 17.7. The number of halogens is 1. The molecule has 0 bridgehead atoms. The van der Waals surface area contributed by atoms with Gasteiger partial charge in [-0.1, -0.05) is 51.5 Å². The van der Waals surface area contributed by atoms with E-state index in [1.54, 1.807) is 4.68 Å². The van der Waals surface area contributed by atoms with Crippen LogP contribution >= 0.6 is 27.3 Å². The maximum Gasteiger partial charge on any atom is 0.165 e. The van der Waals surface area contributed by atoms with Crippen molar-refractivity contribution in [3.8, 4) is 27.6 Å². The molecule has 0 aliphatic heterocycles. The van der Waals surface area contributed by atoms with E-state index in [2.05, 4.69) is 31.2 Å². The fourth-order valence-electron chi connectivity index (χ4n) is 2.34. The Balaban J connectivity index is 1.71. The normalized spacial score (nSPS) is 10.9. The van der Waals surface area contributed by atoms with Crippen LogP contribution in [0.1, 0.15) is 0 Å². The van der Waals surface area contributed by atoms with Crippen LogP contribution in [0, 0.1) is 0 Å². The van der Waals surface area contributed by atoms with Crippen LogP contribution in [-0.4, -0.2) is 20.0 Å². The van der Waals surface area contributed by atoms with Crippen LogP contribution < -0.4 is 5.73 Å². The first-order chi connectivity index (χ1) is 11.7. The Morgan fingerprint density at radius 3 is 2.50 bits per heavy atom. The smallest absolute Gasteiger partial charge is 0.165 e. The highest BCUT2D eigenvalue weighted by atomic mass is 79.9. The molecule has 0 saturated carbocycles. The molecular weight excluding hydrogens is 386 g/mol. The molecule has 0 saturated heterocycles. The van der Waals surface area contributed by atoms with Crippen LogP contribution in [0.4, 0.5) is 5.82 Å². The third kappa shape index (κ3) is 2.72. The first-order valence-electron chi connectivity index (χ1n) is 7.21. The van der Waals surface area contributed by atoms with E-state index in [0.29, 0.717) is 11.5 Å². The lowest BCUT2D eigenvalue weighted by Crippen LogP contribution is -2.01. The van der Waals surface area contributed by atoms with Gasteiger partial charge in [0.15, 0.2) is 11.5 Å². The summed E-state index contributed by atoms with van der Waals surface area (Å²) in [5.41, 5.74) is 9.66. The molecule has 0 spiro atoms. The minimum Gasteiger partial charge on any atom is -0.382 e. The summed E-state index contributed by atoms with van der Waals surface area (Å²) in [6.45, 7) is 0. The van der Waals surface area contributed by atoms with Gasteiger partial charge < -0.3 is 5.73 Å². The third-order valence-electron chi connectivity index (χ3n) is 3.55.